The number of hydrogen-bond acceptors (Lipinski definition) is 6. The van der Waals surface area contributed by atoms with Crippen LogP contribution in [-0.2, 0) is 13.0 Å². The van der Waals surface area contributed by atoms with Crippen molar-refractivity contribution in [2.75, 3.05) is 38.1 Å². The van der Waals surface area contributed by atoms with Crippen LogP contribution in [0.5, 0.6) is 5.75 Å². The monoisotopic (exact) mass is 455 g/mol. The maximum atomic E-state index is 5.98. The lowest BCUT2D eigenvalue weighted by atomic mass is 10.0. The number of pyridine rings is 2. The molecule has 0 unspecified atom stereocenters. The van der Waals surface area contributed by atoms with Crippen LogP contribution in [0.25, 0.3) is 16.8 Å². The number of rotatable bonds is 9. The van der Waals surface area contributed by atoms with E-state index < -0.39 is 0 Å². The summed E-state index contributed by atoms with van der Waals surface area (Å²) in [6.45, 7) is 10.1. The third kappa shape index (κ3) is 5.23. The standard InChI is InChI=1S/C28H33N5O/c1-21(30-13-16-33-14-3-2-4-15-33)24-7-5-6-22(18-24)19-31-28-25-10-17-34-27(25)26(20-32-28)23-8-11-29-12-9-23/h5-9,11-12,18,20,30H,1-4,10,13-17,19H2,(H,31,32). The topological polar surface area (TPSA) is 62.3 Å². The van der Waals surface area contributed by atoms with E-state index in [1.54, 1.807) is 12.4 Å². The van der Waals surface area contributed by atoms with E-state index in [-0.39, 0.29) is 0 Å². The molecule has 2 N–H and O–H groups in total. The highest BCUT2D eigenvalue weighted by molar-refractivity contribution is 5.75. The molecule has 6 heteroatoms. The van der Waals surface area contributed by atoms with E-state index in [1.807, 2.05) is 18.3 Å². The van der Waals surface area contributed by atoms with Crippen LogP contribution in [-0.4, -0.2) is 47.7 Å². The van der Waals surface area contributed by atoms with Crippen molar-refractivity contribution in [3.8, 4) is 16.9 Å². The second-order valence-corrected chi connectivity index (χ2v) is 9.02. The highest BCUT2D eigenvalue weighted by Crippen LogP contribution is 2.39. The summed E-state index contributed by atoms with van der Waals surface area (Å²) in [5.74, 6) is 1.83. The summed E-state index contributed by atoms with van der Waals surface area (Å²) in [5, 5.41) is 7.05. The fraction of sp³-hybridized carbons (Fsp3) is 0.357. The molecular weight excluding hydrogens is 422 g/mol. The van der Waals surface area contributed by atoms with Gasteiger partial charge in [-0.2, -0.15) is 0 Å². The molecule has 0 spiro atoms. The molecule has 0 bridgehead atoms. The Morgan fingerprint density at radius 3 is 2.79 bits per heavy atom. The second-order valence-electron chi connectivity index (χ2n) is 9.02. The van der Waals surface area contributed by atoms with Crippen LogP contribution in [0.1, 0.15) is 36.0 Å². The van der Waals surface area contributed by atoms with Gasteiger partial charge in [-0.3, -0.25) is 4.98 Å². The second kappa shape index (κ2) is 10.7. The molecule has 0 atom stereocenters. The summed E-state index contributed by atoms with van der Waals surface area (Å²) in [6, 6.07) is 12.5. The first kappa shape index (κ1) is 22.4. The highest BCUT2D eigenvalue weighted by Gasteiger charge is 2.22. The first-order chi connectivity index (χ1) is 16.8. The smallest absolute Gasteiger partial charge is 0.135 e. The van der Waals surface area contributed by atoms with Gasteiger partial charge in [0.2, 0.25) is 0 Å². The van der Waals surface area contributed by atoms with Crippen LogP contribution in [0, 0.1) is 0 Å². The van der Waals surface area contributed by atoms with Gasteiger partial charge in [0.15, 0.2) is 0 Å². The summed E-state index contributed by atoms with van der Waals surface area (Å²) in [4.78, 5) is 11.4. The van der Waals surface area contributed by atoms with Gasteiger partial charge >= 0.3 is 0 Å². The third-order valence-electron chi connectivity index (χ3n) is 6.67. The fourth-order valence-corrected chi connectivity index (χ4v) is 4.78. The highest BCUT2D eigenvalue weighted by atomic mass is 16.5. The number of nitrogens with zero attached hydrogens (tertiary/aromatic N) is 3. The summed E-state index contributed by atoms with van der Waals surface area (Å²) < 4.78 is 5.98. The molecule has 0 saturated carbocycles. The number of likely N-dealkylation sites (tertiary alicyclic amines) is 1. The lowest BCUT2D eigenvalue weighted by Crippen LogP contribution is -2.35. The average molecular weight is 456 g/mol. The Balaban J connectivity index is 1.21. The Labute approximate surface area is 202 Å². The van der Waals surface area contributed by atoms with Crippen molar-refractivity contribution < 1.29 is 4.74 Å². The lowest BCUT2D eigenvalue weighted by Gasteiger charge is -2.26. The van der Waals surface area contributed by atoms with Gasteiger partial charge in [-0.25, -0.2) is 4.98 Å². The normalized spacial score (nSPS) is 15.4. The van der Waals surface area contributed by atoms with Crippen molar-refractivity contribution in [1.82, 2.24) is 20.2 Å². The molecule has 176 valence electrons. The van der Waals surface area contributed by atoms with Crippen LogP contribution in [0.3, 0.4) is 0 Å². The minimum Gasteiger partial charge on any atom is -0.492 e. The van der Waals surface area contributed by atoms with Gasteiger partial charge in [-0.1, -0.05) is 31.2 Å². The molecule has 5 rings (SSSR count). The Morgan fingerprint density at radius 1 is 1.09 bits per heavy atom. The van der Waals surface area contributed by atoms with E-state index in [0.717, 1.165) is 59.0 Å². The van der Waals surface area contributed by atoms with E-state index in [9.17, 15) is 0 Å². The summed E-state index contributed by atoms with van der Waals surface area (Å²) >= 11 is 0. The van der Waals surface area contributed by atoms with Gasteiger partial charge in [-0.05, 0) is 60.8 Å². The van der Waals surface area contributed by atoms with Crippen LogP contribution in [0.4, 0.5) is 5.82 Å². The summed E-state index contributed by atoms with van der Waals surface area (Å²) in [6.07, 6.45) is 10.4. The molecule has 0 radical (unpaired) electrons. The number of anilines is 1. The lowest BCUT2D eigenvalue weighted by molar-refractivity contribution is 0.232. The molecule has 0 aliphatic carbocycles. The van der Waals surface area contributed by atoms with Crippen molar-refractivity contribution in [2.24, 2.45) is 0 Å². The van der Waals surface area contributed by atoms with Crippen LogP contribution < -0.4 is 15.4 Å². The van der Waals surface area contributed by atoms with Gasteiger partial charge in [0.25, 0.3) is 0 Å². The summed E-state index contributed by atoms with van der Waals surface area (Å²) in [5.41, 5.74) is 6.56. The van der Waals surface area contributed by atoms with Gasteiger partial charge < -0.3 is 20.3 Å². The van der Waals surface area contributed by atoms with Crippen LogP contribution in [0.15, 0.2) is 61.6 Å². The average Bonchev–Trinajstić information content (AvgIpc) is 3.39. The van der Waals surface area contributed by atoms with Gasteiger partial charge in [0, 0.05) is 61.5 Å². The zero-order valence-corrected chi connectivity index (χ0v) is 19.7. The SMILES string of the molecule is C=C(NCCN1CCCCC1)c1cccc(CNc2ncc(-c3ccncc3)c3c2CCO3)c1. The molecule has 2 aliphatic heterocycles. The largest absolute Gasteiger partial charge is 0.492 e. The zero-order valence-electron chi connectivity index (χ0n) is 19.7. The Kier molecular flexibility index (Phi) is 7.05. The maximum absolute atomic E-state index is 5.98. The molecule has 1 aromatic carbocycles. The molecule has 0 amide bonds. The predicted octanol–water partition coefficient (Wildman–Crippen LogP) is 4.74. The first-order valence-corrected chi connectivity index (χ1v) is 12.3. The number of hydrogen-bond donors (Lipinski definition) is 2. The molecule has 2 aliphatic rings. The molecule has 34 heavy (non-hydrogen) atoms. The zero-order chi connectivity index (χ0) is 23.2. The molecule has 1 fully saturated rings. The van der Waals surface area contributed by atoms with Gasteiger partial charge in [-0.15, -0.1) is 0 Å². The van der Waals surface area contributed by atoms with E-state index in [2.05, 4.69) is 51.4 Å². The van der Waals surface area contributed by atoms with Gasteiger partial charge in [0.05, 0.1) is 6.61 Å². The molecule has 4 heterocycles. The predicted molar refractivity (Wildman–Crippen MR) is 138 cm³/mol. The maximum Gasteiger partial charge on any atom is 0.135 e. The van der Waals surface area contributed by atoms with Crippen LogP contribution in [0.2, 0.25) is 0 Å². The fourth-order valence-electron chi connectivity index (χ4n) is 4.78. The van der Waals surface area contributed by atoms with Crippen molar-refractivity contribution in [3.63, 3.8) is 0 Å². The minimum atomic E-state index is 0.687. The Bertz CT molecular complexity index is 1120. The first-order valence-electron chi connectivity index (χ1n) is 12.3. The van der Waals surface area contributed by atoms with E-state index in [4.69, 9.17) is 9.72 Å². The minimum absolute atomic E-state index is 0.687. The quantitative estimate of drug-likeness (QED) is 0.486. The van der Waals surface area contributed by atoms with Gasteiger partial charge in [0.1, 0.15) is 11.6 Å². The van der Waals surface area contributed by atoms with Crippen LogP contribution >= 0.6 is 0 Å². The summed E-state index contributed by atoms with van der Waals surface area (Å²) in [7, 11) is 0. The molecular formula is C28H33N5O. The van der Waals surface area contributed by atoms with Crippen molar-refractivity contribution in [1.29, 1.82) is 0 Å². The number of fused-ring (bicyclic) bond motifs is 1. The molecule has 6 nitrogen and oxygen atoms in total. The number of piperidine rings is 1. The molecule has 2 aromatic heterocycles. The van der Waals surface area contributed by atoms with Crippen molar-refractivity contribution in [2.45, 2.75) is 32.2 Å². The van der Waals surface area contributed by atoms with E-state index in [1.165, 1.54) is 37.9 Å². The number of ether oxygens (including phenoxy) is 1. The van der Waals surface area contributed by atoms with E-state index >= 15 is 0 Å². The van der Waals surface area contributed by atoms with Crippen molar-refractivity contribution >= 4 is 11.5 Å². The molecule has 1 saturated heterocycles. The third-order valence-corrected chi connectivity index (χ3v) is 6.67. The van der Waals surface area contributed by atoms with E-state index in [0.29, 0.717) is 13.2 Å². The van der Waals surface area contributed by atoms with Crippen molar-refractivity contribution in [3.05, 3.63) is 78.3 Å². The number of benzene rings is 1. The molecule has 3 aromatic rings. The number of aromatic nitrogens is 2. The number of nitrogens with one attached hydrogen (secondary N) is 2. The Hall–Kier alpha value is -3.38. The Morgan fingerprint density at radius 2 is 1.94 bits per heavy atom.